The maximum absolute atomic E-state index is 12.0. The van der Waals surface area contributed by atoms with Gasteiger partial charge in [0.05, 0.1) is 0 Å². The second-order valence-corrected chi connectivity index (χ2v) is 3.75. The van der Waals surface area contributed by atoms with Crippen molar-refractivity contribution < 1.29 is 4.79 Å². The van der Waals surface area contributed by atoms with Crippen LogP contribution in [0, 0.1) is 0 Å². The molecule has 0 saturated carbocycles. The summed E-state index contributed by atoms with van der Waals surface area (Å²) in [5.41, 5.74) is 0.979. The first-order valence-electron chi connectivity index (χ1n) is 6.15. The molecule has 0 bridgehead atoms. The molecule has 0 spiro atoms. The Hall–Kier alpha value is -0.790. The third-order valence-electron chi connectivity index (χ3n) is 2.72. The summed E-state index contributed by atoms with van der Waals surface area (Å²) < 4.78 is 0. The van der Waals surface area contributed by atoms with Gasteiger partial charge in [-0.3, -0.25) is 4.79 Å². The Morgan fingerprint density at radius 1 is 1.13 bits per heavy atom. The van der Waals surface area contributed by atoms with Gasteiger partial charge in [-0.05, 0) is 33.6 Å². The average molecular weight is 211 g/mol. The quantitative estimate of drug-likeness (QED) is 0.467. The van der Waals surface area contributed by atoms with Gasteiger partial charge in [0, 0.05) is 18.7 Å². The second kappa shape index (κ2) is 8.51. The molecule has 0 heterocycles. The Balaban J connectivity index is 4.22. The number of hydrogen-bond donors (Lipinski definition) is 0. The first kappa shape index (κ1) is 14.2. The van der Waals surface area contributed by atoms with Crippen LogP contribution in [0.2, 0.25) is 0 Å². The van der Waals surface area contributed by atoms with Gasteiger partial charge in [-0.25, -0.2) is 0 Å². The van der Waals surface area contributed by atoms with Crippen molar-refractivity contribution in [3.8, 4) is 0 Å². The lowest BCUT2D eigenvalue weighted by molar-refractivity contribution is -0.126. The number of unbranched alkanes of at least 4 members (excludes halogenated alkanes) is 2. The number of allylic oxidation sites excluding steroid dienone is 1. The molecule has 0 saturated heterocycles. The van der Waals surface area contributed by atoms with Gasteiger partial charge in [0.1, 0.15) is 0 Å². The molecular formula is C13H25NO. The van der Waals surface area contributed by atoms with E-state index in [0.29, 0.717) is 0 Å². The van der Waals surface area contributed by atoms with E-state index in [1.807, 2.05) is 31.7 Å². The molecule has 0 aromatic carbocycles. The summed E-state index contributed by atoms with van der Waals surface area (Å²) in [6, 6.07) is 0. The molecule has 0 atom stereocenters. The lowest BCUT2D eigenvalue weighted by Gasteiger charge is -2.20. The Morgan fingerprint density at radius 3 is 2.13 bits per heavy atom. The number of hydrogen-bond acceptors (Lipinski definition) is 1. The van der Waals surface area contributed by atoms with Crippen molar-refractivity contribution >= 4 is 5.91 Å². The van der Waals surface area contributed by atoms with Crippen molar-refractivity contribution in [1.82, 2.24) is 4.90 Å². The molecule has 0 fully saturated rings. The van der Waals surface area contributed by atoms with E-state index in [4.69, 9.17) is 0 Å². The van der Waals surface area contributed by atoms with Crippen LogP contribution >= 0.6 is 0 Å². The standard InChI is InChI=1S/C13H25NO/c1-5-9-10-11-12(6-2)13(15)14(7-3)8-4/h6H,5,7-11H2,1-4H3/b12-6+. The van der Waals surface area contributed by atoms with Gasteiger partial charge in [-0.15, -0.1) is 0 Å². The van der Waals surface area contributed by atoms with Crippen LogP contribution in [-0.4, -0.2) is 23.9 Å². The summed E-state index contributed by atoms with van der Waals surface area (Å²) in [5.74, 6) is 0.221. The fraction of sp³-hybridized carbons (Fsp3) is 0.769. The summed E-state index contributed by atoms with van der Waals surface area (Å²) in [7, 11) is 0. The van der Waals surface area contributed by atoms with Crippen LogP contribution in [0.25, 0.3) is 0 Å². The SMILES string of the molecule is C/C=C(\CCCCC)C(=O)N(CC)CC. The maximum Gasteiger partial charge on any atom is 0.249 e. The molecule has 0 aliphatic heterocycles. The molecule has 0 aliphatic rings. The van der Waals surface area contributed by atoms with Crippen LogP contribution < -0.4 is 0 Å². The van der Waals surface area contributed by atoms with Crippen molar-refractivity contribution in [2.24, 2.45) is 0 Å². The highest BCUT2D eigenvalue weighted by Crippen LogP contribution is 2.12. The van der Waals surface area contributed by atoms with E-state index in [-0.39, 0.29) is 5.91 Å². The number of likely N-dealkylation sites (N-methyl/N-ethyl adjacent to an activating group) is 1. The Labute approximate surface area is 94.4 Å². The van der Waals surface area contributed by atoms with Crippen molar-refractivity contribution in [1.29, 1.82) is 0 Å². The van der Waals surface area contributed by atoms with E-state index in [9.17, 15) is 4.79 Å². The number of nitrogens with zero attached hydrogens (tertiary/aromatic N) is 1. The predicted octanol–water partition coefficient (Wildman–Crippen LogP) is 3.38. The largest absolute Gasteiger partial charge is 0.339 e. The number of carbonyl (C=O) groups is 1. The molecule has 0 N–H and O–H groups in total. The van der Waals surface area contributed by atoms with E-state index in [2.05, 4.69) is 6.92 Å². The zero-order chi connectivity index (χ0) is 11.7. The lowest BCUT2D eigenvalue weighted by atomic mass is 10.1. The van der Waals surface area contributed by atoms with Crippen LogP contribution in [0.1, 0.15) is 53.4 Å². The maximum atomic E-state index is 12.0. The summed E-state index contributed by atoms with van der Waals surface area (Å²) in [5, 5.41) is 0. The first-order valence-corrected chi connectivity index (χ1v) is 6.15. The van der Waals surface area contributed by atoms with E-state index in [0.717, 1.165) is 31.5 Å². The van der Waals surface area contributed by atoms with Crippen molar-refractivity contribution in [3.63, 3.8) is 0 Å². The molecule has 0 aromatic rings. The molecule has 15 heavy (non-hydrogen) atoms. The highest BCUT2D eigenvalue weighted by molar-refractivity contribution is 5.93. The predicted molar refractivity (Wildman–Crippen MR) is 65.8 cm³/mol. The van der Waals surface area contributed by atoms with Crippen molar-refractivity contribution in [2.45, 2.75) is 53.4 Å². The molecule has 2 heteroatoms. The summed E-state index contributed by atoms with van der Waals surface area (Å²) in [6.45, 7) is 9.81. The van der Waals surface area contributed by atoms with Gasteiger partial charge in [0.25, 0.3) is 0 Å². The van der Waals surface area contributed by atoms with Crippen molar-refractivity contribution in [2.75, 3.05) is 13.1 Å². The van der Waals surface area contributed by atoms with Gasteiger partial charge in [0.2, 0.25) is 5.91 Å². The van der Waals surface area contributed by atoms with Gasteiger partial charge < -0.3 is 4.90 Å². The van der Waals surface area contributed by atoms with E-state index in [1.165, 1.54) is 12.8 Å². The molecule has 0 rings (SSSR count). The van der Waals surface area contributed by atoms with Crippen molar-refractivity contribution in [3.05, 3.63) is 11.6 Å². The second-order valence-electron chi connectivity index (χ2n) is 3.75. The minimum Gasteiger partial charge on any atom is -0.339 e. The molecule has 88 valence electrons. The molecule has 0 unspecified atom stereocenters. The third-order valence-corrected chi connectivity index (χ3v) is 2.72. The summed E-state index contributed by atoms with van der Waals surface area (Å²) in [6.07, 6.45) is 6.44. The molecule has 0 aromatic heterocycles. The lowest BCUT2D eigenvalue weighted by Crippen LogP contribution is -2.31. The minimum atomic E-state index is 0.221. The highest BCUT2D eigenvalue weighted by atomic mass is 16.2. The smallest absolute Gasteiger partial charge is 0.249 e. The van der Waals surface area contributed by atoms with Crippen LogP contribution in [-0.2, 0) is 4.79 Å². The molecule has 0 aliphatic carbocycles. The summed E-state index contributed by atoms with van der Waals surface area (Å²) >= 11 is 0. The molecule has 1 amide bonds. The van der Waals surface area contributed by atoms with Crippen LogP contribution in [0.15, 0.2) is 11.6 Å². The minimum absolute atomic E-state index is 0.221. The van der Waals surface area contributed by atoms with Crippen LogP contribution in [0.5, 0.6) is 0 Å². The normalized spacial score (nSPS) is 11.6. The van der Waals surface area contributed by atoms with Crippen LogP contribution in [0.3, 0.4) is 0 Å². The summed E-state index contributed by atoms with van der Waals surface area (Å²) in [4.78, 5) is 13.9. The molecular weight excluding hydrogens is 186 g/mol. The fourth-order valence-corrected chi connectivity index (χ4v) is 1.65. The zero-order valence-corrected chi connectivity index (χ0v) is 10.7. The fourth-order valence-electron chi connectivity index (χ4n) is 1.65. The highest BCUT2D eigenvalue weighted by Gasteiger charge is 2.13. The number of amides is 1. The molecule has 2 nitrogen and oxygen atoms in total. The Bertz CT molecular complexity index is 205. The molecule has 0 radical (unpaired) electrons. The van der Waals surface area contributed by atoms with E-state index >= 15 is 0 Å². The van der Waals surface area contributed by atoms with Gasteiger partial charge >= 0.3 is 0 Å². The Morgan fingerprint density at radius 2 is 1.73 bits per heavy atom. The zero-order valence-electron chi connectivity index (χ0n) is 10.7. The van der Waals surface area contributed by atoms with Gasteiger partial charge in [-0.2, -0.15) is 0 Å². The van der Waals surface area contributed by atoms with E-state index in [1.54, 1.807) is 0 Å². The number of rotatable bonds is 7. The first-order chi connectivity index (χ1) is 7.21. The topological polar surface area (TPSA) is 20.3 Å². The monoisotopic (exact) mass is 211 g/mol. The van der Waals surface area contributed by atoms with E-state index < -0.39 is 0 Å². The van der Waals surface area contributed by atoms with Gasteiger partial charge in [-0.1, -0.05) is 25.8 Å². The third kappa shape index (κ3) is 5.01. The Kier molecular flexibility index (Phi) is 8.06. The van der Waals surface area contributed by atoms with Gasteiger partial charge in [0.15, 0.2) is 0 Å². The van der Waals surface area contributed by atoms with Crippen LogP contribution in [0.4, 0.5) is 0 Å². The average Bonchev–Trinajstić information content (AvgIpc) is 2.26. The number of carbonyl (C=O) groups excluding carboxylic acids is 1.